The van der Waals surface area contributed by atoms with Gasteiger partial charge in [-0.2, -0.15) is 0 Å². The minimum Gasteiger partial charge on any atom is -0.314 e. The maximum Gasteiger partial charge on any atom is 0.115 e. The third-order valence-electron chi connectivity index (χ3n) is 4.05. The van der Waals surface area contributed by atoms with Gasteiger partial charge in [-0.1, -0.05) is 27.2 Å². The zero-order valence-corrected chi connectivity index (χ0v) is 11.8. The van der Waals surface area contributed by atoms with Gasteiger partial charge in [0.1, 0.15) is 6.33 Å². The van der Waals surface area contributed by atoms with Gasteiger partial charge in [-0.3, -0.25) is 0 Å². The van der Waals surface area contributed by atoms with Crippen molar-refractivity contribution in [3.8, 4) is 0 Å². The number of hydrogen-bond donors (Lipinski definition) is 1. The van der Waals surface area contributed by atoms with Crippen LogP contribution in [0.25, 0.3) is 0 Å². The highest BCUT2D eigenvalue weighted by atomic mass is 14.9. The second-order valence-electron chi connectivity index (χ2n) is 6.02. The van der Waals surface area contributed by atoms with E-state index < -0.39 is 0 Å². The Bertz CT molecular complexity index is 350. The van der Waals surface area contributed by atoms with Crippen LogP contribution in [0.5, 0.6) is 0 Å². The summed E-state index contributed by atoms with van der Waals surface area (Å²) in [7, 11) is 0. The highest BCUT2D eigenvalue weighted by Crippen LogP contribution is 2.39. The molecule has 0 aromatic carbocycles. The lowest BCUT2D eigenvalue weighted by Gasteiger charge is -2.35. The average molecular weight is 247 g/mol. The van der Waals surface area contributed by atoms with Crippen LogP contribution in [0.3, 0.4) is 0 Å². The number of nitrogens with zero attached hydrogens (tertiary/aromatic N) is 2. The van der Waals surface area contributed by atoms with E-state index in [4.69, 9.17) is 0 Å². The molecule has 1 heterocycles. The SMILES string of the molecule is CC1CCC(CNC(C)C)C(c2cncnc2)C1. The van der Waals surface area contributed by atoms with Crippen molar-refractivity contribution in [3.05, 3.63) is 24.3 Å². The van der Waals surface area contributed by atoms with Gasteiger partial charge < -0.3 is 5.32 Å². The minimum absolute atomic E-state index is 0.567. The van der Waals surface area contributed by atoms with E-state index in [1.54, 1.807) is 6.33 Å². The Balaban J connectivity index is 2.06. The molecule has 1 N–H and O–H groups in total. The summed E-state index contributed by atoms with van der Waals surface area (Å²) in [5.41, 5.74) is 1.32. The first kappa shape index (κ1) is 13.5. The highest BCUT2D eigenvalue weighted by molar-refractivity contribution is 5.13. The smallest absolute Gasteiger partial charge is 0.115 e. The van der Waals surface area contributed by atoms with Gasteiger partial charge in [0.15, 0.2) is 0 Å². The van der Waals surface area contributed by atoms with E-state index in [2.05, 4.69) is 36.1 Å². The fourth-order valence-electron chi connectivity index (χ4n) is 2.99. The Morgan fingerprint density at radius 3 is 2.67 bits per heavy atom. The van der Waals surface area contributed by atoms with E-state index in [1.807, 2.05) is 12.4 Å². The van der Waals surface area contributed by atoms with Crippen molar-refractivity contribution in [1.29, 1.82) is 0 Å². The van der Waals surface area contributed by atoms with E-state index in [0.29, 0.717) is 12.0 Å². The summed E-state index contributed by atoms with van der Waals surface area (Å²) in [6, 6.07) is 0.567. The first-order valence-corrected chi connectivity index (χ1v) is 7.15. The molecule has 1 aromatic rings. The lowest BCUT2D eigenvalue weighted by Crippen LogP contribution is -2.34. The van der Waals surface area contributed by atoms with Crippen LogP contribution < -0.4 is 5.32 Å². The van der Waals surface area contributed by atoms with Gasteiger partial charge in [0.05, 0.1) is 0 Å². The molecule has 3 heteroatoms. The molecule has 100 valence electrons. The van der Waals surface area contributed by atoms with Crippen molar-refractivity contribution < 1.29 is 0 Å². The Hall–Kier alpha value is -0.960. The van der Waals surface area contributed by atoms with Gasteiger partial charge in [0, 0.05) is 18.4 Å². The zero-order chi connectivity index (χ0) is 13.0. The number of aromatic nitrogens is 2. The normalized spacial score (nSPS) is 28.6. The molecule has 1 aromatic heterocycles. The second kappa shape index (κ2) is 6.28. The molecule has 1 fully saturated rings. The van der Waals surface area contributed by atoms with E-state index >= 15 is 0 Å². The Morgan fingerprint density at radius 2 is 2.00 bits per heavy atom. The molecule has 3 atom stereocenters. The molecule has 3 unspecified atom stereocenters. The largest absolute Gasteiger partial charge is 0.314 e. The summed E-state index contributed by atoms with van der Waals surface area (Å²) in [4.78, 5) is 8.37. The van der Waals surface area contributed by atoms with Crippen molar-refractivity contribution in [1.82, 2.24) is 15.3 Å². The van der Waals surface area contributed by atoms with Crippen LogP contribution >= 0.6 is 0 Å². The summed E-state index contributed by atoms with van der Waals surface area (Å²) in [6.07, 6.45) is 9.57. The third kappa shape index (κ3) is 3.52. The van der Waals surface area contributed by atoms with Crippen LogP contribution in [0.1, 0.15) is 51.5 Å². The molecule has 0 aliphatic heterocycles. The van der Waals surface area contributed by atoms with Crippen molar-refractivity contribution in [2.75, 3.05) is 6.54 Å². The van der Waals surface area contributed by atoms with Gasteiger partial charge >= 0.3 is 0 Å². The topological polar surface area (TPSA) is 37.8 Å². The maximum atomic E-state index is 4.18. The molecular formula is C15H25N3. The lowest BCUT2D eigenvalue weighted by atomic mass is 9.72. The van der Waals surface area contributed by atoms with Gasteiger partial charge in [0.25, 0.3) is 0 Å². The monoisotopic (exact) mass is 247 g/mol. The van der Waals surface area contributed by atoms with Crippen molar-refractivity contribution >= 4 is 0 Å². The Labute approximate surface area is 110 Å². The molecule has 1 aliphatic carbocycles. The predicted molar refractivity (Wildman–Crippen MR) is 74.4 cm³/mol. The van der Waals surface area contributed by atoms with Crippen LogP contribution in [0, 0.1) is 11.8 Å². The molecule has 1 aliphatic rings. The molecule has 0 spiro atoms. The maximum absolute atomic E-state index is 4.18. The van der Waals surface area contributed by atoms with Crippen molar-refractivity contribution in [3.63, 3.8) is 0 Å². The Kier molecular flexibility index (Phi) is 4.70. The summed E-state index contributed by atoms with van der Waals surface area (Å²) >= 11 is 0. The highest BCUT2D eigenvalue weighted by Gasteiger charge is 2.29. The summed E-state index contributed by atoms with van der Waals surface area (Å²) in [5.74, 6) is 2.18. The fraction of sp³-hybridized carbons (Fsp3) is 0.733. The molecule has 0 radical (unpaired) electrons. The number of rotatable bonds is 4. The third-order valence-corrected chi connectivity index (χ3v) is 4.05. The van der Waals surface area contributed by atoms with Gasteiger partial charge in [-0.25, -0.2) is 9.97 Å². The van der Waals surface area contributed by atoms with Crippen LogP contribution in [0.4, 0.5) is 0 Å². The van der Waals surface area contributed by atoms with Crippen LogP contribution in [0.15, 0.2) is 18.7 Å². The lowest BCUT2D eigenvalue weighted by molar-refractivity contribution is 0.237. The van der Waals surface area contributed by atoms with Crippen LogP contribution in [0.2, 0.25) is 0 Å². The molecule has 18 heavy (non-hydrogen) atoms. The standard InChI is InChI=1S/C15H25N3/c1-11(2)18-9-13-5-4-12(3)6-15(13)14-7-16-10-17-8-14/h7-8,10-13,15,18H,4-6,9H2,1-3H3. The average Bonchev–Trinajstić information content (AvgIpc) is 2.38. The molecule has 0 amide bonds. The Morgan fingerprint density at radius 1 is 1.28 bits per heavy atom. The van der Waals surface area contributed by atoms with Gasteiger partial charge in [-0.05, 0) is 42.7 Å². The van der Waals surface area contributed by atoms with Crippen LogP contribution in [-0.4, -0.2) is 22.6 Å². The zero-order valence-electron chi connectivity index (χ0n) is 11.8. The van der Waals surface area contributed by atoms with E-state index in [-0.39, 0.29) is 0 Å². The summed E-state index contributed by atoms with van der Waals surface area (Å²) < 4.78 is 0. The molecule has 3 nitrogen and oxygen atoms in total. The number of nitrogens with one attached hydrogen (secondary N) is 1. The molecule has 0 bridgehead atoms. The van der Waals surface area contributed by atoms with E-state index in [1.165, 1.54) is 24.8 Å². The molecular weight excluding hydrogens is 222 g/mol. The van der Waals surface area contributed by atoms with E-state index in [9.17, 15) is 0 Å². The fourth-order valence-corrected chi connectivity index (χ4v) is 2.99. The van der Waals surface area contributed by atoms with Crippen molar-refractivity contribution in [2.24, 2.45) is 11.8 Å². The minimum atomic E-state index is 0.567. The van der Waals surface area contributed by atoms with Crippen LogP contribution in [-0.2, 0) is 0 Å². The first-order chi connectivity index (χ1) is 8.66. The quantitative estimate of drug-likeness (QED) is 0.889. The van der Waals surface area contributed by atoms with Gasteiger partial charge in [-0.15, -0.1) is 0 Å². The summed E-state index contributed by atoms with van der Waals surface area (Å²) in [5, 5.41) is 3.59. The van der Waals surface area contributed by atoms with Gasteiger partial charge in [0.2, 0.25) is 0 Å². The first-order valence-electron chi connectivity index (χ1n) is 7.15. The predicted octanol–water partition coefficient (Wildman–Crippen LogP) is 2.99. The molecule has 1 saturated carbocycles. The molecule has 2 rings (SSSR count). The number of hydrogen-bond acceptors (Lipinski definition) is 3. The van der Waals surface area contributed by atoms with E-state index in [0.717, 1.165) is 18.4 Å². The molecule has 0 saturated heterocycles. The second-order valence-corrected chi connectivity index (χ2v) is 6.02. The van der Waals surface area contributed by atoms with Crippen molar-refractivity contribution in [2.45, 2.75) is 52.0 Å². The summed E-state index contributed by atoms with van der Waals surface area (Å²) in [6.45, 7) is 7.91.